The lowest BCUT2D eigenvalue weighted by Crippen LogP contribution is -1.76. The second-order valence-corrected chi connectivity index (χ2v) is 3.02. The van der Waals surface area contributed by atoms with Gasteiger partial charge in [-0.05, 0) is 38.5 Å². The zero-order chi connectivity index (χ0) is 8.49. The van der Waals surface area contributed by atoms with E-state index in [-0.39, 0.29) is 0 Å². The SMILES string of the molecule is [CH]1C/C=C\C/C=C/C=C\CCC1. The van der Waals surface area contributed by atoms with Crippen LogP contribution >= 0.6 is 0 Å². The van der Waals surface area contributed by atoms with Gasteiger partial charge in [-0.15, -0.1) is 0 Å². The standard InChI is InChI=1S/C12H17/c1-2-4-6-8-10-12-11-9-7-5-3-1/h1-4,7,9,12H,5-6,8,10-11H2/b3-1+,4-2-,9-7-. The molecular formula is C12H17. The molecule has 0 heteroatoms. The van der Waals surface area contributed by atoms with Crippen LogP contribution in [0, 0.1) is 6.42 Å². The normalized spacial score (nSPS) is 28.0. The van der Waals surface area contributed by atoms with Gasteiger partial charge < -0.3 is 0 Å². The Balaban J connectivity index is 2.31. The van der Waals surface area contributed by atoms with Crippen molar-refractivity contribution in [2.45, 2.75) is 32.1 Å². The van der Waals surface area contributed by atoms with E-state index < -0.39 is 0 Å². The molecule has 1 rings (SSSR count). The van der Waals surface area contributed by atoms with Crippen LogP contribution in [0.15, 0.2) is 36.5 Å². The summed E-state index contributed by atoms with van der Waals surface area (Å²) < 4.78 is 0. The largest absolute Gasteiger partial charge is 0.0879 e. The Labute approximate surface area is 75.7 Å². The van der Waals surface area contributed by atoms with Crippen LogP contribution in [0.25, 0.3) is 0 Å². The van der Waals surface area contributed by atoms with Gasteiger partial charge in [-0.2, -0.15) is 0 Å². The van der Waals surface area contributed by atoms with Gasteiger partial charge in [0.1, 0.15) is 0 Å². The van der Waals surface area contributed by atoms with E-state index in [1.165, 1.54) is 19.3 Å². The molecule has 0 aliphatic heterocycles. The highest BCUT2D eigenvalue weighted by Gasteiger charge is 1.86. The van der Waals surface area contributed by atoms with Gasteiger partial charge in [0.2, 0.25) is 0 Å². The van der Waals surface area contributed by atoms with Crippen LogP contribution in [-0.2, 0) is 0 Å². The molecule has 0 heterocycles. The van der Waals surface area contributed by atoms with Gasteiger partial charge >= 0.3 is 0 Å². The van der Waals surface area contributed by atoms with Gasteiger partial charge in [0.15, 0.2) is 0 Å². The smallest absolute Gasteiger partial charge is 0.0166 e. The van der Waals surface area contributed by atoms with E-state index in [4.69, 9.17) is 0 Å². The Hall–Kier alpha value is -0.780. The van der Waals surface area contributed by atoms with Crippen LogP contribution in [0.5, 0.6) is 0 Å². The topological polar surface area (TPSA) is 0 Å². The van der Waals surface area contributed by atoms with Crippen molar-refractivity contribution in [1.29, 1.82) is 0 Å². The molecule has 0 saturated heterocycles. The molecule has 12 heavy (non-hydrogen) atoms. The summed E-state index contributed by atoms with van der Waals surface area (Å²) in [6.45, 7) is 0. The van der Waals surface area contributed by atoms with Gasteiger partial charge in [0.05, 0.1) is 0 Å². The Morgan fingerprint density at radius 1 is 0.667 bits per heavy atom. The van der Waals surface area contributed by atoms with E-state index in [9.17, 15) is 0 Å². The predicted octanol–water partition coefficient (Wildman–Crippen LogP) is 3.82. The van der Waals surface area contributed by atoms with Crippen LogP contribution in [-0.4, -0.2) is 0 Å². The number of allylic oxidation sites excluding steroid dienone is 6. The molecule has 0 spiro atoms. The molecular weight excluding hydrogens is 144 g/mol. The molecule has 0 atom stereocenters. The molecule has 0 aromatic rings. The maximum absolute atomic E-state index is 2.36. The summed E-state index contributed by atoms with van der Waals surface area (Å²) >= 11 is 0. The van der Waals surface area contributed by atoms with Gasteiger partial charge in [-0.1, -0.05) is 36.5 Å². The minimum atomic E-state index is 1.07. The van der Waals surface area contributed by atoms with Crippen molar-refractivity contribution in [2.75, 3.05) is 0 Å². The first-order valence-corrected chi connectivity index (χ1v) is 4.78. The predicted molar refractivity (Wildman–Crippen MR) is 54.8 cm³/mol. The first-order valence-electron chi connectivity index (χ1n) is 4.78. The van der Waals surface area contributed by atoms with Gasteiger partial charge in [-0.25, -0.2) is 0 Å². The molecule has 1 radical (unpaired) electrons. The average molecular weight is 161 g/mol. The lowest BCUT2D eigenvalue weighted by Gasteiger charge is -1.95. The quantitative estimate of drug-likeness (QED) is 0.474. The van der Waals surface area contributed by atoms with E-state index in [1.54, 1.807) is 0 Å². The molecule has 0 unspecified atom stereocenters. The maximum atomic E-state index is 2.36. The zero-order valence-electron chi connectivity index (χ0n) is 7.58. The number of rotatable bonds is 0. The molecule has 65 valence electrons. The summed E-state index contributed by atoms with van der Waals surface area (Å²) in [5.74, 6) is 0. The fourth-order valence-electron chi connectivity index (χ4n) is 1.20. The Kier molecular flexibility index (Phi) is 5.35. The summed E-state index contributed by atoms with van der Waals surface area (Å²) in [6, 6.07) is 0. The monoisotopic (exact) mass is 161 g/mol. The second kappa shape index (κ2) is 6.90. The van der Waals surface area contributed by atoms with Gasteiger partial charge in [0.25, 0.3) is 0 Å². The van der Waals surface area contributed by atoms with Crippen molar-refractivity contribution in [3.05, 3.63) is 42.9 Å². The third-order valence-electron chi connectivity index (χ3n) is 1.90. The Morgan fingerprint density at radius 2 is 1.50 bits per heavy atom. The highest BCUT2D eigenvalue weighted by atomic mass is 13.9. The highest BCUT2D eigenvalue weighted by molar-refractivity contribution is 5.05. The van der Waals surface area contributed by atoms with Crippen molar-refractivity contribution in [3.8, 4) is 0 Å². The average Bonchev–Trinajstić information content (AvgIpc) is 2.05. The molecule has 0 aromatic heterocycles. The molecule has 0 saturated carbocycles. The van der Waals surface area contributed by atoms with Crippen molar-refractivity contribution in [2.24, 2.45) is 0 Å². The van der Waals surface area contributed by atoms with Crippen LogP contribution in [0.3, 0.4) is 0 Å². The van der Waals surface area contributed by atoms with Crippen LogP contribution < -0.4 is 0 Å². The summed E-state index contributed by atoms with van der Waals surface area (Å²) in [7, 11) is 0. The van der Waals surface area contributed by atoms with E-state index in [0.29, 0.717) is 0 Å². The minimum Gasteiger partial charge on any atom is -0.0879 e. The summed E-state index contributed by atoms with van der Waals surface area (Å²) in [6.07, 6.45) is 21.5. The molecule has 1 aliphatic carbocycles. The van der Waals surface area contributed by atoms with Gasteiger partial charge in [-0.3, -0.25) is 0 Å². The molecule has 0 aromatic carbocycles. The van der Waals surface area contributed by atoms with E-state index in [1.807, 2.05) is 0 Å². The van der Waals surface area contributed by atoms with Crippen LogP contribution in [0.4, 0.5) is 0 Å². The van der Waals surface area contributed by atoms with E-state index >= 15 is 0 Å². The van der Waals surface area contributed by atoms with E-state index in [2.05, 4.69) is 42.9 Å². The van der Waals surface area contributed by atoms with E-state index in [0.717, 1.165) is 12.8 Å². The van der Waals surface area contributed by atoms with Crippen LogP contribution in [0.1, 0.15) is 32.1 Å². The van der Waals surface area contributed by atoms with Crippen molar-refractivity contribution in [3.63, 3.8) is 0 Å². The number of hydrogen-bond acceptors (Lipinski definition) is 0. The lowest BCUT2D eigenvalue weighted by molar-refractivity contribution is 0.810. The summed E-state index contributed by atoms with van der Waals surface area (Å²) in [5, 5.41) is 0. The fraction of sp³-hybridized carbons (Fsp3) is 0.417. The zero-order valence-corrected chi connectivity index (χ0v) is 7.58. The van der Waals surface area contributed by atoms with Crippen molar-refractivity contribution >= 4 is 0 Å². The van der Waals surface area contributed by atoms with Crippen molar-refractivity contribution < 1.29 is 0 Å². The lowest BCUT2D eigenvalue weighted by atomic mass is 10.1. The fourth-order valence-corrected chi connectivity index (χ4v) is 1.20. The third-order valence-corrected chi connectivity index (χ3v) is 1.90. The Bertz CT molecular complexity index is 172. The highest BCUT2D eigenvalue weighted by Crippen LogP contribution is 2.04. The number of hydrogen-bond donors (Lipinski definition) is 0. The maximum Gasteiger partial charge on any atom is -0.0166 e. The molecule has 0 N–H and O–H groups in total. The Morgan fingerprint density at radius 3 is 2.50 bits per heavy atom. The third kappa shape index (κ3) is 4.95. The molecule has 1 aliphatic rings. The van der Waals surface area contributed by atoms with Gasteiger partial charge in [0, 0.05) is 0 Å². The minimum absolute atomic E-state index is 1.07. The summed E-state index contributed by atoms with van der Waals surface area (Å²) in [5.41, 5.74) is 0. The molecule has 0 nitrogen and oxygen atoms in total. The first kappa shape index (κ1) is 9.31. The van der Waals surface area contributed by atoms with Crippen molar-refractivity contribution in [1.82, 2.24) is 0 Å². The second-order valence-electron chi connectivity index (χ2n) is 3.02. The molecule has 0 bridgehead atoms. The summed E-state index contributed by atoms with van der Waals surface area (Å²) in [4.78, 5) is 0. The van der Waals surface area contributed by atoms with Crippen LogP contribution in [0.2, 0.25) is 0 Å². The molecule has 0 fully saturated rings. The molecule has 0 amide bonds. The first-order chi connectivity index (χ1) is 6.00.